The Hall–Kier alpha value is -3.35. The molecule has 0 spiro atoms. The second-order valence-corrected chi connectivity index (χ2v) is 14.3. The molecule has 11 heteroatoms. The maximum atomic E-state index is 6.30. The first kappa shape index (κ1) is 36.9. The maximum absolute atomic E-state index is 6.30. The highest BCUT2D eigenvalue weighted by molar-refractivity contribution is 5.69. The predicted octanol–water partition coefficient (Wildman–Crippen LogP) is 6.57. The van der Waals surface area contributed by atoms with E-state index in [1.54, 1.807) is 0 Å². The van der Waals surface area contributed by atoms with Gasteiger partial charge in [0, 0.05) is 64.1 Å². The monoisotopic (exact) mass is 678 g/mol. The van der Waals surface area contributed by atoms with Gasteiger partial charge in [0.25, 0.3) is 0 Å². The highest BCUT2D eigenvalue weighted by atomic mass is 16.5. The van der Waals surface area contributed by atoms with Crippen LogP contribution in [0.25, 0.3) is 0 Å². The molecule has 5 heterocycles. The van der Waals surface area contributed by atoms with Crippen LogP contribution < -0.4 is 20.4 Å². The van der Waals surface area contributed by atoms with Crippen molar-refractivity contribution in [2.24, 2.45) is 0 Å². The van der Waals surface area contributed by atoms with Crippen LogP contribution in [0.15, 0.2) is 48.7 Å². The van der Waals surface area contributed by atoms with E-state index in [1.165, 1.54) is 31.7 Å². The number of ether oxygens (including phenoxy) is 3. The number of aromatic nitrogens is 3. The minimum absolute atomic E-state index is 0. The summed E-state index contributed by atoms with van der Waals surface area (Å²) in [5, 5.41) is 6.81. The number of hydrogen-bond acceptors (Lipinski definition) is 11. The molecule has 2 N–H and O–H groups in total. The standard InChI is InChI=1S/C31H41N7O3.C7H17N.2H2/c1-30(2,3)41-21-31(4)20-38(27-7-5-6-25(35-27)26-19-32-12-15-40-26)28-24(31)18-33-29(36-28)34-22-8-10-23(11-9-22)37-13-16-39-17-14-37;1-4-7-8(5-2)6-3;;/h5-11,18,26,32H,12-17,19-21H2,1-4H3,(H,33,34,36);4-7H2,1-3H3;2*1H/t26?,31-;;;/m0.../s1. The van der Waals surface area contributed by atoms with Crippen LogP contribution in [-0.4, -0.2) is 104 Å². The van der Waals surface area contributed by atoms with Crippen LogP contribution in [0, 0.1) is 0 Å². The number of benzene rings is 1. The minimum Gasteiger partial charge on any atom is -0.378 e. The number of morpholine rings is 2. The Morgan fingerprint density at radius 2 is 1.80 bits per heavy atom. The molecule has 0 aliphatic carbocycles. The van der Waals surface area contributed by atoms with Crippen LogP contribution in [0.2, 0.25) is 0 Å². The van der Waals surface area contributed by atoms with Crippen molar-refractivity contribution < 1.29 is 17.1 Å². The molecular weight excluding hydrogens is 616 g/mol. The number of hydrogen-bond donors (Lipinski definition) is 2. The van der Waals surface area contributed by atoms with Crippen molar-refractivity contribution in [3.05, 3.63) is 59.9 Å². The van der Waals surface area contributed by atoms with Gasteiger partial charge in [-0.05, 0) is 83.2 Å². The van der Waals surface area contributed by atoms with Crippen molar-refractivity contribution in [2.75, 3.05) is 93.9 Å². The Labute approximate surface area is 296 Å². The molecule has 1 unspecified atom stereocenters. The van der Waals surface area contributed by atoms with Crippen molar-refractivity contribution in [1.29, 1.82) is 0 Å². The second kappa shape index (κ2) is 17.0. The van der Waals surface area contributed by atoms with Gasteiger partial charge in [0.15, 0.2) is 0 Å². The number of rotatable bonds is 11. The van der Waals surface area contributed by atoms with Crippen LogP contribution in [-0.2, 0) is 19.6 Å². The zero-order valence-electron chi connectivity index (χ0n) is 30.8. The van der Waals surface area contributed by atoms with Crippen LogP contribution >= 0.6 is 0 Å². The fourth-order valence-corrected chi connectivity index (χ4v) is 6.35. The molecule has 2 fully saturated rings. The molecular formula is C38H62N8O3. The van der Waals surface area contributed by atoms with Gasteiger partial charge >= 0.3 is 0 Å². The Balaban J connectivity index is 0.000000631. The van der Waals surface area contributed by atoms with E-state index in [4.69, 9.17) is 29.2 Å². The van der Waals surface area contributed by atoms with E-state index in [9.17, 15) is 0 Å². The van der Waals surface area contributed by atoms with Crippen molar-refractivity contribution in [2.45, 2.75) is 72.0 Å². The average Bonchev–Trinajstić information content (AvgIpc) is 3.42. The summed E-state index contributed by atoms with van der Waals surface area (Å²) in [7, 11) is 0. The number of fused-ring (bicyclic) bond motifs is 1. The zero-order chi connectivity index (χ0) is 34.9. The van der Waals surface area contributed by atoms with E-state index in [2.05, 4.69) is 98.1 Å². The van der Waals surface area contributed by atoms with Gasteiger partial charge in [-0.25, -0.2) is 9.97 Å². The molecule has 2 aromatic heterocycles. The quantitative estimate of drug-likeness (QED) is 0.231. The lowest BCUT2D eigenvalue weighted by atomic mass is 9.87. The van der Waals surface area contributed by atoms with E-state index in [1.807, 2.05) is 24.4 Å². The first-order valence-electron chi connectivity index (χ1n) is 18.1. The van der Waals surface area contributed by atoms with E-state index in [0.717, 1.165) is 68.0 Å². The lowest BCUT2D eigenvalue weighted by Gasteiger charge is -2.30. The van der Waals surface area contributed by atoms with E-state index in [-0.39, 0.29) is 20.0 Å². The molecule has 11 nitrogen and oxygen atoms in total. The van der Waals surface area contributed by atoms with Crippen LogP contribution in [0.4, 0.5) is 29.0 Å². The minimum atomic E-state index is -0.304. The molecule has 272 valence electrons. The Kier molecular flexibility index (Phi) is 12.8. The molecule has 0 amide bonds. The van der Waals surface area contributed by atoms with Crippen LogP contribution in [0.3, 0.4) is 0 Å². The third-order valence-corrected chi connectivity index (χ3v) is 9.23. The first-order valence-corrected chi connectivity index (χ1v) is 18.1. The molecule has 1 aromatic carbocycles. The Bertz CT molecular complexity index is 1460. The Morgan fingerprint density at radius 1 is 1.04 bits per heavy atom. The summed E-state index contributed by atoms with van der Waals surface area (Å²) in [5.41, 5.74) is 3.54. The van der Waals surface area contributed by atoms with Crippen LogP contribution in [0.5, 0.6) is 0 Å². The summed E-state index contributed by atoms with van der Waals surface area (Å²) in [6, 6.07) is 14.5. The van der Waals surface area contributed by atoms with Gasteiger partial charge in [0.05, 0.1) is 37.7 Å². The molecule has 0 radical (unpaired) electrons. The van der Waals surface area contributed by atoms with Crippen molar-refractivity contribution >= 4 is 29.0 Å². The van der Waals surface area contributed by atoms with E-state index >= 15 is 0 Å². The fraction of sp³-hybridized carbons (Fsp3) is 0.605. The van der Waals surface area contributed by atoms with Gasteiger partial charge in [-0.3, -0.25) is 0 Å². The maximum Gasteiger partial charge on any atom is 0.229 e. The van der Waals surface area contributed by atoms with Gasteiger partial charge in [-0.1, -0.05) is 33.8 Å². The van der Waals surface area contributed by atoms with Crippen LogP contribution in [0.1, 0.15) is 75.1 Å². The summed E-state index contributed by atoms with van der Waals surface area (Å²) in [5.74, 6) is 2.24. The molecule has 2 atom stereocenters. The predicted molar refractivity (Wildman–Crippen MR) is 203 cm³/mol. The molecule has 3 aliphatic rings. The lowest BCUT2D eigenvalue weighted by Crippen LogP contribution is -2.37. The lowest BCUT2D eigenvalue weighted by molar-refractivity contribution is -0.0252. The Morgan fingerprint density at radius 3 is 2.43 bits per heavy atom. The van der Waals surface area contributed by atoms with Gasteiger partial charge in [-0.15, -0.1) is 0 Å². The van der Waals surface area contributed by atoms with E-state index < -0.39 is 0 Å². The van der Waals surface area contributed by atoms with Crippen molar-refractivity contribution in [3.8, 4) is 0 Å². The normalized spacial score (nSPS) is 20.9. The number of pyridine rings is 1. The first-order chi connectivity index (χ1) is 23.6. The molecule has 3 aromatic rings. The average molecular weight is 679 g/mol. The molecule has 3 aliphatic heterocycles. The van der Waals surface area contributed by atoms with Gasteiger partial charge in [0.2, 0.25) is 5.95 Å². The summed E-state index contributed by atoms with van der Waals surface area (Å²) >= 11 is 0. The number of nitrogens with zero attached hydrogens (tertiary/aromatic N) is 6. The molecule has 0 saturated carbocycles. The largest absolute Gasteiger partial charge is 0.378 e. The highest BCUT2D eigenvalue weighted by Crippen LogP contribution is 2.44. The topological polar surface area (TPSA) is 100 Å². The second-order valence-electron chi connectivity index (χ2n) is 14.3. The smallest absolute Gasteiger partial charge is 0.229 e. The molecule has 49 heavy (non-hydrogen) atoms. The summed E-state index contributed by atoms with van der Waals surface area (Å²) in [6.45, 7) is 25.6. The van der Waals surface area contributed by atoms with E-state index in [0.29, 0.717) is 25.7 Å². The third kappa shape index (κ3) is 9.88. The molecule has 0 bridgehead atoms. The summed E-state index contributed by atoms with van der Waals surface area (Å²) in [6.07, 6.45) is 3.16. The fourth-order valence-electron chi connectivity index (χ4n) is 6.35. The van der Waals surface area contributed by atoms with Crippen molar-refractivity contribution in [1.82, 2.24) is 25.2 Å². The molecule has 6 rings (SSSR count). The zero-order valence-corrected chi connectivity index (χ0v) is 30.8. The summed E-state index contributed by atoms with van der Waals surface area (Å²) in [4.78, 5) is 21.8. The third-order valence-electron chi connectivity index (χ3n) is 9.23. The number of anilines is 5. The molecule has 2 saturated heterocycles. The highest BCUT2D eigenvalue weighted by Gasteiger charge is 2.43. The van der Waals surface area contributed by atoms with Gasteiger partial charge in [-0.2, -0.15) is 4.98 Å². The van der Waals surface area contributed by atoms with Crippen molar-refractivity contribution in [3.63, 3.8) is 0 Å². The SMILES string of the molecule is CC(C)(C)OC[C@]1(C)CN(c2cccc(C3CNCCO3)n2)c2nc(Nc3ccc(N4CCOCC4)cc3)ncc21.CCCN(CC)CC.[HH].[HH]. The summed E-state index contributed by atoms with van der Waals surface area (Å²) < 4.78 is 17.8. The van der Waals surface area contributed by atoms with Gasteiger partial charge in [0.1, 0.15) is 17.7 Å². The van der Waals surface area contributed by atoms with Gasteiger partial charge < -0.3 is 39.5 Å². The number of nitrogens with one attached hydrogen (secondary N) is 2.